The Bertz CT molecular complexity index is 1020. The lowest BCUT2D eigenvalue weighted by Crippen LogP contribution is -2.51. The van der Waals surface area contributed by atoms with Crippen molar-refractivity contribution in [2.45, 2.75) is 195 Å². The van der Waals surface area contributed by atoms with Gasteiger partial charge in [-0.25, -0.2) is 0 Å². The summed E-state index contributed by atoms with van der Waals surface area (Å²) in [7, 11) is 0. The highest BCUT2D eigenvalue weighted by molar-refractivity contribution is 5.69. The standard InChI is InChI=1S/C45H76O2/c1-7-8-9-10-11-12-13-14-15-16-17-18-19-20-21-25-43(46)47-38-30-32-44(5)37(34-38)26-27-39-41-29-28-40(36(4)24-22-23-35(2)3)45(41,6)33-31-42(39)44/h11-12,14-15,26,35-36,38-42H,7-10,13,16-25,27-34H2,1-6H3/b12-11-,15-14-/t36-,38-,39-,40+,41-,42-,44-,45+/m0/s1. The summed E-state index contributed by atoms with van der Waals surface area (Å²) in [6.07, 6.45) is 40.5. The van der Waals surface area contributed by atoms with Gasteiger partial charge < -0.3 is 4.74 Å². The smallest absolute Gasteiger partial charge is 0.306 e. The first-order valence-electron chi connectivity index (χ1n) is 20.9. The van der Waals surface area contributed by atoms with E-state index in [2.05, 4.69) is 71.9 Å². The van der Waals surface area contributed by atoms with Crippen molar-refractivity contribution < 1.29 is 9.53 Å². The lowest BCUT2D eigenvalue weighted by Gasteiger charge is -2.58. The fourth-order valence-electron chi connectivity index (χ4n) is 11.1. The molecule has 0 spiro atoms. The van der Waals surface area contributed by atoms with Crippen molar-refractivity contribution in [3.8, 4) is 0 Å². The normalized spacial score (nSPS) is 32.7. The topological polar surface area (TPSA) is 26.3 Å². The molecule has 0 aromatic heterocycles. The van der Waals surface area contributed by atoms with Gasteiger partial charge >= 0.3 is 5.97 Å². The monoisotopic (exact) mass is 649 g/mol. The van der Waals surface area contributed by atoms with E-state index in [1.54, 1.807) is 5.57 Å². The third-order valence-corrected chi connectivity index (χ3v) is 13.9. The number of hydrogen-bond acceptors (Lipinski definition) is 2. The van der Waals surface area contributed by atoms with E-state index in [1.165, 1.54) is 109 Å². The minimum absolute atomic E-state index is 0.0477. The van der Waals surface area contributed by atoms with Crippen LogP contribution in [0.2, 0.25) is 0 Å². The Morgan fingerprint density at radius 1 is 0.830 bits per heavy atom. The van der Waals surface area contributed by atoms with Gasteiger partial charge in [0, 0.05) is 12.8 Å². The van der Waals surface area contributed by atoms with Gasteiger partial charge in [0.2, 0.25) is 0 Å². The number of fused-ring (bicyclic) bond motifs is 5. The fourth-order valence-corrected chi connectivity index (χ4v) is 11.1. The van der Waals surface area contributed by atoms with Gasteiger partial charge in [-0.3, -0.25) is 4.79 Å². The second kappa shape index (κ2) is 19.2. The largest absolute Gasteiger partial charge is 0.462 e. The third-order valence-electron chi connectivity index (χ3n) is 13.9. The second-order valence-electron chi connectivity index (χ2n) is 17.6. The molecule has 2 nitrogen and oxygen atoms in total. The molecule has 0 aliphatic heterocycles. The van der Waals surface area contributed by atoms with Crippen LogP contribution >= 0.6 is 0 Å². The molecular weight excluding hydrogens is 572 g/mol. The quantitative estimate of drug-likeness (QED) is 0.0746. The molecule has 2 heteroatoms. The number of carbonyl (C=O) groups is 1. The van der Waals surface area contributed by atoms with E-state index in [-0.39, 0.29) is 12.1 Å². The van der Waals surface area contributed by atoms with E-state index in [1.807, 2.05) is 0 Å². The van der Waals surface area contributed by atoms with Crippen molar-refractivity contribution in [2.75, 3.05) is 0 Å². The van der Waals surface area contributed by atoms with Gasteiger partial charge in [0.25, 0.3) is 0 Å². The zero-order chi connectivity index (χ0) is 33.7. The molecule has 0 heterocycles. The summed E-state index contributed by atoms with van der Waals surface area (Å²) in [5.41, 5.74) is 2.52. The Kier molecular flexibility index (Phi) is 15.7. The van der Waals surface area contributed by atoms with Crippen LogP contribution in [0.3, 0.4) is 0 Å². The molecule has 0 aromatic rings. The number of allylic oxidation sites excluding steroid dienone is 5. The molecule has 4 aliphatic carbocycles. The highest BCUT2D eigenvalue weighted by Gasteiger charge is 2.59. The fraction of sp³-hybridized carbons (Fsp3) is 0.844. The lowest BCUT2D eigenvalue weighted by atomic mass is 9.47. The SMILES string of the molecule is CCCCC/C=C\C/C=C\CCCCCCCC(=O)O[C@H]1CC[C@@]2(C)C(=CC[C@H]3[C@@H]4CC[C@H]([C@@H](C)CCCC(C)C)[C@@]4(C)CC[C@@H]32)C1. The number of hydrogen-bond donors (Lipinski definition) is 0. The van der Waals surface area contributed by atoms with Gasteiger partial charge in [-0.2, -0.15) is 0 Å². The molecule has 0 aromatic carbocycles. The van der Waals surface area contributed by atoms with Gasteiger partial charge in [0.15, 0.2) is 0 Å². The average Bonchev–Trinajstić information content (AvgIpc) is 3.40. The molecule has 0 N–H and O–H groups in total. The molecular formula is C45H76O2. The maximum absolute atomic E-state index is 12.8. The predicted octanol–water partition coefficient (Wildman–Crippen LogP) is 13.8. The molecule has 0 amide bonds. The molecule has 4 aliphatic rings. The summed E-state index contributed by atoms with van der Waals surface area (Å²) in [6, 6.07) is 0. The predicted molar refractivity (Wildman–Crippen MR) is 202 cm³/mol. The molecule has 8 atom stereocenters. The Balaban J connectivity index is 1.13. The molecule has 0 saturated heterocycles. The molecule has 3 saturated carbocycles. The Hall–Kier alpha value is -1.31. The van der Waals surface area contributed by atoms with Crippen molar-refractivity contribution in [1.82, 2.24) is 0 Å². The minimum atomic E-state index is 0.0477. The number of unbranched alkanes of at least 4 members (excludes halogenated alkanes) is 8. The third kappa shape index (κ3) is 10.6. The van der Waals surface area contributed by atoms with Crippen LogP contribution < -0.4 is 0 Å². The molecule has 0 bridgehead atoms. The summed E-state index contributed by atoms with van der Waals surface area (Å²) in [5, 5.41) is 0. The van der Waals surface area contributed by atoms with Crippen LogP contribution in [0.1, 0.15) is 189 Å². The summed E-state index contributed by atoms with van der Waals surface area (Å²) in [5.74, 6) is 5.30. The Labute approximate surface area is 292 Å². The summed E-state index contributed by atoms with van der Waals surface area (Å²) < 4.78 is 6.12. The Morgan fingerprint density at radius 2 is 1.55 bits per heavy atom. The summed E-state index contributed by atoms with van der Waals surface area (Å²) in [6.45, 7) is 14.9. The number of esters is 1. The second-order valence-corrected chi connectivity index (χ2v) is 17.6. The first-order chi connectivity index (χ1) is 22.7. The molecule has 0 radical (unpaired) electrons. The van der Waals surface area contributed by atoms with Crippen LogP contribution in [0.5, 0.6) is 0 Å². The van der Waals surface area contributed by atoms with E-state index in [0.717, 1.165) is 67.6 Å². The van der Waals surface area contributed by atoms with Crippen molar-refractivity contribution >= 4 is 5.97 Å². The Morgan fingerprint density at radius 3 is 2.30 bits per heavy atom. The highest BCUT2D eigenvalue weighted by Crippen LogP contribution is 2.67. The summed E-state index contributed by atoms with van der Waals surface area (Å²) >= 11 is 0. The van der Waals surface area contributed by atoms with Crippen LogP contribution in [-0.2, 0) is 9.53 Å². The molecule has 4 rings (SSSR count). The minimum Gasteiger partial charge on any atom is -0.462 e. The number of carbonyl (C=O) groups excluding carboxylic acids is 1. The summed E-state index contributed by atoms with van der Waals surface area (Å²) in [4.78, 5) is 12.8. The van der Waals surface area contributed by atoms with E-state index < -0.39 is 0 Å². The van der Waals surface area contributed by atoms with Crippen LogP contribution in [0, 0.1) is 46.3 Å². The molecule has 268 valence electrons. The first-order valence-corrected chi connectivity index (χ1v) is 20.9. The molecule has 3 fully saturated rings. The lowest BCUT2D eigenvalue weighted by molar-refractivity contribution is -0.151. The van der Waals surface area contributed by atoms with E-state index in [9.17, 15) is 4.79 Å². The van der Waals surface area contributed by atoms with E-state index >= 15 is 0 Å². The zero-order valence-corrected chi connectivity index (χ0v) is 32.0. The van der Waals surface area contributed by atoms with Gasteiger partial charge in [0.05, 0.1) is 0 Å². The van der Waals surface area contributed by atoms with Crippen LogP contribution in [-0.4, -0.2) is 12.1 Å². The maximum Gasteiger partial charge on any atom is 0.306 e. The zero-order valence-electron chi connectivity index (χ0n) is 32.0. The average molecular weight is 649 g/mol. The highest BCUT2D eigenvalue weighted by atomic mass is 16.5. The van der Waals surface area contributed by atoms with Gasteiger partial charge in [-0.15, -0.1) is 0 Å². The van der Waals surface area contributed by atoms with Crippen molar-refractivity contribution in [1.29, 1.82) is 0 Å². The number of rotatable bonds is 20. The van der Waals surface area contributed by atoms with Crippen LogP contribution in [0.4, 0.5) is 0 Å². The van der Waals surface area contributed by atoms with E-state index in [4.69, 9.17) is 4.74 Å². The van der Waals surface area contributed by atoms with Crippen LogP contribution in [0.25, 0.3) is 0 Å². The van der Waals surface area contributed by atoms with Crippen LogP contribution in [0.15, 0.2) is 36.0 Å². The van der Waals surface area contributed by atoms with Crippen molar-refractivity contribution in [2.24, 2.45) is 46.3 Å². The molecule has 47 heavy (non-hydrogen) atoms. The van der Waals surface area contributed by atoms with Crippen molar-refractivity contribution in [3.63, 3.8) is 0 Å². The van der Waals surface area contributed by atoms with Gasteiger partial charge in [-0.05, 0) is 130 Å². The van der Waals surface area contributed by atoms with Gasteiger partial charge in [-0.1, -0.05) is 129 Å². The van der Waals surface area contributed by atoms with Gasteiger partial charge in [0.1, 0.15) is 6.10 Å². The molecule has 0 unspecified atom stereocenters. The maximum atomic E-state index is 12.8. The van der Waals surface area contributed by atoms with Crippen molar-refractivity contribution in [3.05, 3.63) is 36.0 Å². The number of ether oxygens (including phenoxy) is 1. The first kappa shape index (κ1) is 38.5. The van der Waals surface area contributed by atoms with E-state index in [0.29, 0.717) is 17.3 Å².